The molecule has 0 N–H and O–H groups in total. The van der Waals surface area contributed by atoms with Crippen LogP contribution in [0.1, 0.15) is 40.1 Å². The number of nitrogens with zero attached hydrogens (tertiary/aromatic N) is 1. The number of ether oxygens (including phenoxy) is 2. The van der Waals surface area contributed by atoms with E-state index in [0.29, 0.717) is 58.7 Å². The number of halogens is 1. The Morgan fingerprint density at radius 2 is 2.04 bits per heavy atom. The highest BCUT2D eigenvalue weighted by Crippen LogP contribution is 2.28. The molecule has 2 aromatic carbocycles. The molecule has 5 nitrogen and oxygen atoms in total. The predicted octanol–water partition coefficient (Wildman–Crippen LogP) is 4.46. The topological polar surface area (TPSA) is 57.5 Å². The Balaban J connectivity index is 2.08. The number of aldehydes is 1. The molecule has 0 fully saturated rings. The van der Waals surface area contributed by atoms with Crippen LogP contribution in [0.3, 0.4) is 0 Å². The molecule has 6 heteroatoms. The van der Waals surface area contributed by atoms with Gasteiger partial charge in [-0.25, -0.2) is 9.18 Å². The average molecular weight is 383 g/mol. The van der Waals surface area contributed by atoms with Gasteiger partial charge >= 0.3 is 5.97 Å². The van der Waals surface area contributed by atoms with Gasteiger partial charge in [0.05, 0.1) is 25.8 Å². The summed E-state index contributed by atoms with van der Waals surface area (Å²) in [5.41, 5.74) is 2.02. The van der Waals surface area contributed by atoms with E-state index in [1.807, 2.05) is 24.5 Å². The van der Waals surface area contributed by atoms with Crippen LogP contribution in [0.25, 0.3) is 10.9 Å². The second kappa shape index (κ2) is 8.25. The molecule has 0 unspecified atom stereocenters. The zero-order chi connectivity index (χ0) is 20.3. The zero-order valence-corrected chi connectivity index (χ0v) is 16.1. The van der Waals surface area contributed by atoms with Gasteiger partial charge < -0.3 is 14.0 Å². The molecule has 0 bridgehead atoms. The van der Waals surface area contributed by atoms with Gasteiger partial charge in [-0.3, -0.25) is 4.79 Å². The average Bonchev–Trinajstić information content (AvgIpc) is 3.04. The van der Waals surface area contributed by atoms with Crippen molar-refractivity contribution in [2.24, 2.45) is 5.92 Å². The fourth-order valence-corrected chi connectivity index (χ4v) is 3.14. The number of esters is 1. The molecule has 0 aliphatic rings. The lowest BCUT2D eigenvalue weighted by Gasteiger charge is -2.14. The Labute approximate surface area is 162 Å². The smallest absolute Gasteiger partial charge is 0.338 e. The second-order valence-corrected chi connectivity index (χ2v) is 6.98. The minimum Gasteiger partial charge on any atom is -0.493 e. The van der Waals surface area contributed by atoms with Crippen molar-refractivity contribution in [2.75, 3.05) is 13.7 Å². The molecule has 0 amide bonds. The molecule has 28 heavy (non-hydrogen) atoms. The van der Waals surface area contributed by atoms with Crippen LogP contribution in [0.2, 0.25) is 0 Å². The summed E-state index contributed by atoms with van der Waals surface area (Å²) in [4.78, 5) is 23.7. The van der Waals surface area contributed by atoms with Crippen LogP contribution in [-0.2, 0) is 11.3 Å². The Morgan fingerprint density at radius 1 is 1.25 bits per heavy atom. The fraction of sp³-hybridized carbons (Fsp3) is 0.273. The first-order valence-electron chi connectivity index (χ1n) is 9.01. The molecule has 0 spiro atoms. The highest BCUT2D eigenvalue weighted by molar-refractivity contribution is 6.10. The molecule has 0 saturated heterocycles. The summed E-state index contributed by atoms with van der Waals surface area (Å²) in [5, 5.41) is 0.519. The van der Waals surface area contributed by atoms with E-state index in [0.717, 1.165) is 0 Å². The Bertz CT molecular complexity index is 1020. The van der Waals surface area contributed by atoms with Crippen LogP contribution in [0, 0.1) is 11.7 Å². The van der Waals surface area contributed by atoms with Gasteiger partial charge in [0.1, 0.15) is 11.6 Å². The van der Waals surface area contributed by atoms with Crippen molar-refractivity contribution in [1.29, 1.82) is 0 Å². The molecule has 0 atom stereocenters. The van der Waals surface area contributed by atoms with Crippen LogP contribution in [0.4, 0.5) is 4.39 Å². The van der Waals surface area contributed by atoms with Gasteiger partial charge in [-0.15, -0.1) is 0 Å². The molecule has 3 rings (SSSR count). The van der Waals surface area contributed by atoms with Gasteiger partial charge in [-0.1, -0.05) is 19.9 Å². The number of hydrogen-bond donors (Lipinski definition) is 0. The summed E-state index contributed by atoms with van der Waals surface area (Å²) in [6.45, 7) is 4.87. The van der Waals surface area contributed by atoms with E-state index in [1.165, 1.54) is 19.2 Å². The Hall–Kier alpha value is -3.15. The second-order valence-electron chi connectivity index (χ2n) is 6.98. The van der Waals surface area contributed by atoms with Gasteiger partial charge in [0.2, 0.25) is 0 Å². The van der Waals surface area contributed by atoms with E-state index in [-0.39, 0.29) is 5.82 Å². The van der Waals surface area contributed by atoms with Gasteiger partial charge in [-0.05, 0) is 36.2 Å². The lowest BCUT2D eigenvalue weighted by molar-refractivity contribution is 0.0603. The Morgan fingerprint density at radius 3 is 2.71 bits per heavy atom. The first-order chi connectivity index (χ1) is 13.4. The van der Waals surface area contributed by atoms with Gasteiger partial charge in [0, 0.05) is 28.2 Å². The molecule has 0 aliphatic carbocycles. The Kier molecular flexibility index (Phi) is 5.78. The maximum Gasteiger partial charge on any atom is 0.338 e. The summed E-state index contributed by atoms with van der Waals surface area (Å²) in [6, 6.07) is 9.54. The van der Waals surface area contributed by atoms with Crippen molar-refractivity contribution >= 4 is 23.2 Å². The SMILES string of the molecule is COC(=O)c1cccc2c1c(C=O)cn2Cc1cc(F)ccc1OCC(C)C. The van der Waals surface area contributed by atoms with Gasteiger partial charge in [-0.2, -0.15) is 0 Å². The highest BCUT2D eigenvalue weighted by atomic mass is 19.1. The summed E-state index contributed by atoms with van der Waals surface area (Å²) in [7, 11) is 1.30. The number of fused-ring (bicyclic) bond motifs is 1. The molecule has 1 aromatic heterocycles. The number of aromatic nitrogens is 1. The van der Waals surface area contributed by atoms with Crippen LogP contribution in [-0.4, -0.2) is 30.5 Å². The molecule has 0 saturated carbocycles. The van der Waals surface area contributed by atoms with Crippen molar-refractivity contribution in [3.63, 3.8) is 0 Å². The monoisotopic (exact) mass is 383 g/mol. The van der Waals surface area contributed by atoms with Crippen molar-refractivity contribution < 1.29 is 23.5 Å². The van der Waals surface area contributed by atoms with E-state index >= 15 is 0 Å². The first kappa shape index (κ1) is 19.6. The maximum absolute atomic E-state index is 13.9. The lowest BCUT2D eigenvalue weighted by atomic mass is 10.1. The van der Waals surface area contributed by atoms with Crippen molar-refractivity contribution in [1.82, 2.24) is 4.57 Å². The molecule has 0 aliphatic heterocycles. The van der Waals surface area contributed by atoms with E-state index in [2.05, 4.69) is 0 Å². The summed E-state index contributed by atoms with van der Waals surface area (Å²) in [6.07, 6.45) is 2.36. The first-order valence-corrected chi connectivity index (χ1v) is 9.01. The van der Waals surface area contributed by atoms with Crippen molar-refractivity contribution in [3.05, 3.63) is 65.1 Å². The highest BCUT2D eigenvalue weighted by Gasteiger charge is 2.18. The van der Waals surface area contributed by atoms with Crippen LogP contribution in [0.5, 0.6) is 5.75 Å². The zero-order valence-electron chi connectivity index (χ0n) is 16.1. The van der Waals surface area contributed by atoms with Gasteiger partial charge in [0.25, 0.3) is 0 Å². The largest absolute Gasteiger partial charge is 0.493 e. The molecule has 1 heterocycles. The summed E-state index contributed by atoms with van der Waals surface area (Å²) in [5.74, 6) is 0.0377. The van der Waals surface area contributed by atoms with E-state index in [1.54, 1.807) is 24.4 Å². The minimum absolute atomic E-state index is 0.292. The van der Waals surface area contributed by atoms with Gasteiger partial charge in [0.15, 0.2) is 6.29 Å². The molecular weight excluding hydrogens is 361 g/mol. The van der Waals surface area contributed by atoms with Crippen molar-refractivity contribution in [3.8, 4) is 5.75 Å². The molecule has 0 radical (unpaired) electrons. The van der Waals surface area contributed by atoms with E-state index in [9.17, 15) is 14.0 Å². The number of rotatable bonds is 7. The fourth-order valence-electron chi connectivity index (χ4n) is 3.14. The maximum atomic E-state index is 13.9. The quantitative estimate of drug-likeness (QED) is 0.446. The van der Waals surface area contributed by atoms with Crippen LogP contribution < -0.4 is 4.74 Å². The van der Waals surface area contributed by atoms with Crippen LogP contribution in [0.15, 0.2) is 42.6 Å². The number of benzene rings is 2. The molecule has 146 valence electrons. The third-order valence-electron chi connectivity index (χ3n) is 4.40. The molecular formula is C22H22FNO4. The minimum atomic E-state index is -0.516. The number of carbonyl (C=O) groups is 2. The molecule has 3 aromatic rings. The predicted molar refractivity (Wildman–Crippen MR) is 105 cm³/mol. The third-order valence-corrected chi connectivity index (χ3v) is 4.40. The van der Waals surface area contributed by atoms with E-state index in [4.69, 9.17) is 9.47 Å². The number of methoxy groups -OCH3 is 1. The third kappa shape index (κ3) is 3.91. The lowest BCUT2D eigenvalue weighted by Crippen LogP contribution is -2.08. The number of carbonyl (C=O) groups excluding carboxylic acids is 2. The van der Waals surface area contributed by atoms with E-state index < -0.39 is 5.97 Å². The summed E-state index contributed by atoms with van der Waals surface area (Å²) >= 11 is 0. The number of hydrogen-bond acceptors (Lipinski definition) is 4. The normalized spacial score (nSPS) is 11.0. The standard InChI is InChI=1S/C22H22FNO4/c1-14(2)13-28-20-8-7-17(23)9-15(20)10-24-11-16(12-25)21-18(22(26)27-3)5-4-6-19(21)24/h4-9,11-12,14H,10,13H2,1-3H3. The summed E-state index contributed by atoms with van der Waals surface area (Å²) < 4.78 is 26.3. The van der Waals surface area contributed by atoms with Crippen LogP contribution >= 0.6 is 0 Å². The van der Waals surface area contributed by atoms with Crippen molar-refractivity contribution in [2.45, 2.75) is 20.4 Å².